The van der Waals surface area contributed by atoms with Gasteiger partial charge in [-0.2, -0.15) is 0 Å². The first-order chi connectivity index (χ1) is 1.41. The van der Waals surface area contributed by atoms with Crippen LogP contribution in [0.1, 0.15) is 0 Å². The molecular formula is O3Zn. The Kier molecular flexibility index (Phi) is 21.4. The van der Waals surface area contributed by atoms with Crippen LogP contribution in [0.15, 0.2) is 0 Å². The first-order valence-electron chi connectivity index (χ1n) is 0.333. The average molecular weight is 113 g/mol. The van der Waals surface area contributed by atoms with Crippen LogP contribution in [0.4, 0.5) is 0 Å². The first kappa shape index (κ1) is 8.82. The molecule has 3 nitrogen and oxygen atoms in total. The Labute approximate surface area is 35.8 Å². The molecule has 0 heterocycles. The Balaban J connectivity index is 0. The zero-order valence-electron chi connectivity index (χ0n) is 1.93. The number of hydrogen-bond acceptors (Lipinski definition) is 3. The summed E-state index contributed by atoms with van der Waals surface area (Å²) in [6, 6.07) is 0. The maximum absolute atomic E-state index is 7.88. The minimum Gasteiger partial charge on any atom is -0.734 e. The van der Waals surface area contributed by atoms with Crippen molar-refractivity contribution in [1.29, 1.82) is 0 Å². The van der Waals surface area contributed by atoms with Crippen molar-refractivity contribution in [3.05, 3.63) is 0 Å². The van der Waals surface area contributed by atoms with Gasteiger partial charge in [-0.3, -0.25) is 0 Å². The summed E-state index contributed by atoms with van der Waals surface area (Å²) in [5, 5.41) is 17.5. The van der Waals surface area contributed by atoms with E-state index >= 15 is 0 Å². The van der Waals surface area contributed by atoms with Crippen molar-refractivity contribution in [3.63, 3.8) is 0 Å². The molecule has 0 N–H and O–H groups in total. The molecule has 0 aromatic heterocycles. The molecule has 0 saturated carbocycles. The molecule has 0 unspecified atom stereocenters. The van der Waals surface area contributed by atoms with E-state index < -0.39 is 0 Å². The summed E-state index contributed by atoms with van der Waals surface area (Å²) in [5.41, 5.74) is 0. The average Bonchev–Trinajstić information content (AvgIpc) is 0.918. The van der Waals surface area contributed by atoms with Gasteiger partial charge in [0.2, 0.25) is 0 Å². The third-order valence-electron chi connectivity index (χ3n) is 0. The van der Waals surface area contributed by atoms with Crippen molar-refractivity contribution < 1.29 is 35.0 Å². The predicted octanol–water partition coefficient (Wildman–Crippen LogP) is -2.45. The van der Waals surface area contributed by atoms with Gasteiger partial charge in [0.25, 0.3) is 0 Å². The Morgan fingerprint density at radius 1 is 1.25 bits per heavy atom. The summed E-state index contributed by atoms with van der Waals surface area (Å²) < 4.78 is 0. The molecule has 0 spiro atoms. The van der Waals surface area contributed by atoms with E-state index in [1.807, 2.05) is 0 Å². The topological polar surface area (TPSA) is 55.3 Å². The standard InChI is InChI=1S/H2O3.Zn/c1-3-2;/h1-2H;/q;+2/p-2. The van der Waals surface area contributed by atoms with Gasteiger partial charge in [-0.05, 0) is 0 Å². The van der Waals surface area contributed by atoms with Gasteiger partial charge < -0.3 is 15.6 Å². The van der Waals surface area contributed by atoms with E-state index in [-0.39, 0.29) is 19.5 Å². The van der Waals surface area contributed by atoms with E-state index in [2.05, 4.69) is 0 Å². The molecule has 0 aromatic carbocycles. The second-order valence-corrected chi connectivity index (χ2v) is 0.0680. The van der Waals surface area contributed by atoms with Gasteiger partial charge in [0.15, 0.2) is 0 Å². The molecule has 0 amide bonds. The molecule has 0 aliphatic heterocycles. The van der Waals surface area contributed by atoms with Crippen LogP contribution in [-0.4, -0.2) is 0 Å². The second-order valence-electron chi connectivity index (χ2n) is 0.0680. The van der Waals surface area contributed by atoms with Gasteiger partial charge in [0.05, 0.1) is 0 Å². The third-order valence-corrected chi connectivity index (χ3v) is 0. The van der Waals surface area contributed by atoms with Crippen LogP contribution in [-0.2, 0) is 24.5 Å². The van der Waals surface area contributed by atoms with Gasteiger partial charge in [-0.25, -0.2) is 0 Å². The molecule has 4 heavy (non-hydrogen) atoms. The summed E-state index contributed by atoms with van der Waals surface area (Å²) in [4.78, 5) is 0. The molecule has 0 aliphatic rings. The molecule has 0 aromatic rings. The molecule has 0 bridgehead atoms. The molecule has 0 saturated heterocycles. The summed E-state index contributed by atoms with van der Waals surface area (Å²) in [6.45, 7) is 0. The van der Waals surface area contributed by atoms with Crippen LogP contribution in [0, 0.1) is 0 Å². The van der Waals surface area contributed by atoms with E-state index in [1.165, 1.54) is 0 Å². The van der Waals surface area contributed by atoms with Crippen molar-refractivity contribution in [2.24, 2.45) is 0 Å². The Morgan fingerprint density at radius 3 is 1.25 bits per heavy atom. The van der Waals surface area contributed by atoms with Gasteiger partial charge in [0, 0.05) is 0 Å². The molecule has 0 aliphatic carbocycles. The van der Waals surface area contributed by atoms with Crippen molar-refractivity contribution in [2.45, 2.75) is 0 Å². The largest absolute Gasteiger partial charge is 2.00 e. The van der Waals surface area contributed by atoms with E-state index in [0.717, 1.165) is 0 Å². The van der Waals surface area contributed by atoms with E-state index in [4.69, 9.17) is 10.5 Å². The van der Waals surface area contributed by atoms with Crippen molar-refractivity contribution in [1.82, 2.24) is 0 Å². The van der Waals surface area contributed by atoms with E-state index in [9.17, 15) is 0 Å². The van der Waals surface area contributed by atoms with Gasteiger partial charge in [-0.15, -0.1) is 0 Å². The fourth-order valence-electron chi connectivity index (χ4n) is 0. The maximum atomic E-state index is 7.88. The Hall–Kier alpha value is 0.503. The fraction of sp³-hybridized carbons (Fsp3) is 0. The van der Waals surface area contributed by atoms with Gasteiger partial charge >= 0.3 is 19.5 Å². The number of hydrogen-bond donors (Lipinski definition) is 0. The predicted molar refractivity (Wildman–Crippen MR) is 1.08 cm³/mol. The van der Waals surface area contributed by atoms with Crippen LogP contribution < -0.4 is 10.5 Å². The molecule has 0 radical (unpaired) electrons. The zero-order chi connectivity index (χ0) is 2.71. The molecule has 0 fully saturated rings. The van der Waals surface area contributed by atoms with Crippen LogP contribution in [0.25, 0.3) is 0 Å². The summed E-state index contributed by atoms with van der Waals surface area (Å²) in [6.07, 6.45) is 0. The summed E-state index contributed by atoms with van der Waals surface area (Å²) >= 11 is 0. The second kappa shape index (κ2) is 9.71. The minimum atomic E-state index is 0. The Bertz CT molecular complexity index is 3.25. The van der Waals surface area contributed by atoms with Crippen molar-refractivity contribution >= 4 is 0 Å². The van der Waals surface area contributed by atoms with Crippen LogP contribution in [0.5, 0.6) is 0 Å². The van der Waals surface area contributed by atoms with Crippen LogP contribution in [0.3, 0.4) is 0 Å². The summed E-state index contributed by atoms with van der Waals surface area (Å²) in [7, 11) is 0. The Morgan fingerprint density at radius 2 is 1.25 bits per heavy atom. The summed E-state index contributed by atoms with van der Waals surface area (Å²) in [5.74, 6) is 0. The molecule has 0 atom stereocenters. The zero-order valence-corrected chi connectivity index (χ0v) is 4.90. The quantitative estimate of drug-likeness (QED) is 0.199. The van der Waals surface area contributed by atoms with Crippen molar-refractivity contribution in [3.8, 4) is 0 Å². The first-order valence-corrected chi connectivity index (χ1v) is 0.333. The van der Waals surface area contributed by atoms with Gasteiger partial charge in [0.1, 0.15) is 0 Å². The molecule has 4 heteroatoms. The van der Waals surface area contributed by atoms with Crippen molar-refractivity contribution in [2.75, 3.05) is 0 Å². The fourth-order valence-corrected chi connectivity index (χ4v) is 0. The van der Waals surface area contributed by atoms with Gasteiger partial charge in [-0.1, -0.05) is 0 Å². The van der Waals surface area contributed by atoms with Crippen LogP contribution in [0.2, 0.25) is 0 Å². The SMILES string of the molecule is [O-]O[O-].[Zn+2]. The smallest absolute Gasteiger partial charge is 0.734 e. The molecule has 0 rings (SSSR count). The van der Waals surface area contributed by atoms with E-state index in [0.29, 0.717) is 0 Å². The number of rotatable bonds is 0. The third kappa shape index (κ3) is 22.3. The molecular weight excluding hydrogens is 113 g/mol. The van der Waals surface area contributed by atoms with Crippen LogP contribution >= 0.6 is 0 Å². The minimum absolute atomic E-state index is 0. The normalized spacial score (nSPS) is 4.50. The maximum Gasteiger partial charge on any atom is 2.00 e. The molecule has 20 valence electrons. The monoisotopic (exact) mass is 112 g/mol. The van der Waals surface area contributed by atoms with E-state index in [1.54, 1.807) is 5.04 Å².